The first-order chi connectivity index (χ1) is 18.6. The Morgan fingerprint density at radius 1 is 1.00 bits per heavy atom. The molecule has 3 fully saturated rings. The molecule has 4 aliphatic heterocycles. The molecule has 4 aliphatic rings. The zero-order chi connectivity index (χ0) is 26.1. The number of nitrogens with one attached hydrogen (secondary N) is 1. The molecule has 206 valence electrons. The van der Waals surface area contributed by atoms with Gasteiger partial charge in [-0.15, -0.1) is 0 Å². The van der Waals surface area contributed by atoms with Gasteiger partial charge in [0.05, 0.1) is 11.6 Å². The second-order valence-corrected chi connectivity index (χ2v) is 11.1. The molecule has 0 aliphatic carbocycles. The van der Waals surface area contributed by atoms with Gasteiger partial charge < -0.3 is 24.4 Å². The fourth-order valence-electron chi connectivity index (χ4n) is 6.53. The van der Waals surface area contributed by atoms with Crippen molar-refractivity contribution in [2.24, 2.45) is 0 Å². The fourth-order valence-corrected chi connectivity index (χ4v) is 6.53. The van der Waals surface area contributed by atoms with Crippen LogP contribution in [-0.4, -0.2) is 82.7 Å². The summed E-state index contributed by atoms with van der Waals surface area (Å²) in [4.78, 5) is 30.3. The predicted molar refractivity (Wildman–Crippen MR) is 139 cm³/mol. The van der Waals surface area contributed by atoms with Gasteiger partial charge in [-0.1, -0.05) is 0 Å². The van der Waals surface area contributed by atoms with Gasteiger partial charge in [0.25, 0.3) is 0 Å². The molecule has 3 saturated heterocycles. The lowest BCUT2D eigenvalue weighted by Crippen LogP contribution is -2.37. The first-order valence-electron chi connectivity index (χ1n) is 14.1. The first-order valence-corrected chi connectivity index (χ1v) is 14.1. The molecule has 0 radical (unpaired) electrons. The maximum Gasteiger partial charge on any atom is 0.246 e. The van der Waals surface area contributed by atoms with Crippen LogP contribution in [0.1, 0.15) is 79.8 Å². The van der Waals surface area contributed by atoms with Gasteiger partial charge in [-0.3, -0.25) is 4.79 Å². The number of rotatable bonds is 7. The molecule has 38 heavy (non-hydrogen) atoms. The van der Waals surface area contributed by atoms with Gasteiger partial charge in [0, 0.05) is 69.4 Å². The van der Waals surface area contributed by atoms with Gasteiger partial charge in [-0.25, -0.2) is 23.7 Å². The number of hydrogen-bond acceptors (Lipinski definition) is 7. The van der Waals surface area contributed by atoms with E-state index in [1.54, 1.807) is 0 Å². The molecule has 6 heterocycles. The van der Waals surface area contributed by atoms with Gasteiger partial charge in [0.1, 0.15) is 23.8 Å². The van der Waals surface area contributed by atoms with Gasteiger partial charge >= 0.3 is 0 Å². The summed E-state index contributed by atoms with van der Waals surface area (Å²) < 4.78 is 35.8. The van der Waals surface area contributed by atoms with Crippen LogP contribution in [0.3, 0.4) is 0 Å². The Morgan fingerprint density at radius 2 is 1.76 bits per heavy atom. The van der Waals surface area contributed by atoms with E-state index in [2.05, 4.69) is 35.8 Å². The third-order valence-electron chi connectivity index (χ3n) is 8.68. The Hall–Kier alpha value is -2.66. The molecule has 1 N–H and O–H groups in total. The molecular formula is C27H37F2N7O2. The van der Waals surface area contributed by atoms with E-state index in [0.29, 0.717) is 36.3 Å². The quantitative estimate of drug-likeness (QED) is 0.585. The highest BCUT2D eigenvalue weighted by Gasteiger charge is 2.38. The fraction of sp³-hybridized carbons (Fsp3) is 0.704. The number of imidazole rings is 1. The molecule has 0 spiro atoms. The average Bonchev–Trinajstić information content (AvgIpc) is 3.62. The standard InChI is InChI=1S/C27H37F2N7O2/c28-24(29)20-15-22(37)33-25-23(20)27(31-17-30-25)35-9-3-19(4-10-35)26-32-21(18-5-13-38-14-6-18)16-36(26)12-11-34-7-1-2-8-34/h16-20,24H,1-15H2,(H,30,31,33,37)/t20-/m1/s1. The highest BCUT2D eigenvalue weighted by molar-refractivity contribution is 5.94. The second-order valence-electron chi connectivity index (χ2n) is 11.1. The molecule has 9 nitrogen and oxygen atoms in total. The van der Waals surface area contributed by atoms with Crippen LogP contribution >= 0.6 is 0 Å². The van der Waals surface area contributed by atoms with E-state index in [-0.39, 0.29) is 12.2 Å². The number of ether oxygens (including phenoxy) is 1. The van der Waals surface area contributed by atoms with E-state index in [0.717, 1.165) is 57.8 Å². The van der Waals surface area contributed by atoms with Gasteiger partial charge in [-0.05, 0) is 51.6 Å². The minimum Gasteiger partial charge on any atom is -0.381 e. The third-order valence-corrected chi connectivity index (χ3v) is 8.68. The normalized spacial score (nSPS) is 23.7. The average molecular weight is 530 g/mol. The largest absolute Gasteiger partial charge is 0.381 e. The number of fused-ring (bicyclic) bond motifs is 1. The molecular weight excluding hydrogens is 492 g/mol. The van der Waals surface area contributed by atoms with Crippen LogP contribution in [0, 0.1) is 0 Å². The zero-order valence-corrected chi connectivity index (χ0v) is 21.8. The second kappa shape index (κ2) is 11.2. The number of piperidine rings is 1. The first kappa shape index (κ1) is 25.6. The summed E-state index contributed by atoms with van der Waals surface area (Å²) in [6.07, 6.45) is 7.10. The topological polar surface area (TPSA) is 88.4 Å². The molecule has 2 aromatic rings. The van der Waals surface area contributed by atoms with Crippen molar-refractivity contribution in [3.63, 3.8) is 0 Å². The highest BCUT2D eigenvalue weighted by atomic mass is 19.3. The number of anilines is 2. The summed E-state index contributed by atoms with van der Waals surface area (Å²) in [5.41, 5.74) is 1.56. The lowest BCUT2D eigenvalue weighted by molar-refractivity contribution is -0.117. The van der Waals surface area contributed by atoms with Crippen LogP contribution < -0.4 is 10.2 Å². The van der Waals surface area contributed by atoms with Crippen molar-refractivity contribution in [2.45, 2.75) is 75.7 Å². The van der Waals surface area contributed by atoms with Crippen LogP contribution in [0.15, 0.2) is 12.5 Å². The Morgan fingerprint density at radius 3 is 2.50 bits per heavy atom. The molecule has 0 unspecified atom stereocenters. The number of amides is 1. The number of carbonyl (C=O) groups excluding carboxylic acids is 1. The summed E-state index contributed by atoms with van der Waals surface area (Å²) in [5, 5.41) is 2.66. The zero-order valence-electron chi connectivity index (χ0n) is 21.8. The van der Waals surface area contributed by atoms with Gasteiger partial charge in [0.2, 0.25) is 12.3 Å². The number of halogens is 2. The SMILES string of the molecule is O=C1C[C@@H](C(F)F)c2c(ncnc2N2CCC(c3nc(C4CCOCC4)cn3CCN3CCCC3)CC2)N1. The van der Waals surface area contributed by atoms with Gasteiger partial charge in [-0.2, -0.15) is 0 Å². The van der Waals surface area contributed by atoms with Gasteiger partial charge in [0.15, 0.2) is 0 Å². The van der Waals surface area contributed by atoms with E-state index in [4.69, 9.17) is 9.72 Å². The van der Waals surface area contributed by atoms with E-state index in [1.165, 1.54) is 38.0 Å². The maximum absolute atomic E-state index is 13.9. The number of nitrogens with zero attached hydrogens (tertiary/aromatic N) is 6. The Balaban J connectivity index is 1.20. The van der Waals surface area contributed by atoms with Crippen LogP contribution in [0.2, 0.25) is 0 Å². The number of likely N-dealkylation sites (tertiary alicyclic amines) is 1. The number of hydrogen-bond donors (Lipinski definition) is 1. The smallest absolute Gasteiger partial charge is 0.246 e. The summed E-state index contributed by atoms with van der Waals surface area (Å²) in [7, 11) is 0. The Kier molecular flexibility index (Phi) is 7.56. The van der Waals surface area contributed by atoms with E-state index < -0.39 is 18.3 Å². The molecule has 1 atom stereocenters. The number of carbonyl (C=O) groups is 1. The molecule has 1 amide bonds. The molecule has 11 heteroatoms. The Bertz CT molecular complexity index is 1120. The summed E-state index contributed by atoms with van der Waals surface area (Å²) >= 11 is 0. The molecule has 0 saturated carbocycles. The van der Waals surface area contributed by atoms with Crippen LogP contribution in [0.25, 0.3) is 0 Å². The van der Waals surface area contributed by atoms with Crippen molar-refractivity contribution in [1.29, 1.82) is 0 Å². The highest BCUT2D eigenvalue weighted by Crippen LogP contribution is 2.42. The Labute approximate surface area is 222 Å². The van der Waals surface area contributed by atoms with Crippen LogP contribution in [-0.2, 0) is 16.1 Å². The van der Waals surface area contributed by atoms with E-state index >= 15 is 0 Å². The van der Waals surface area contributed by atoms with Crippen LogP contribution in [0.4, 0.5) is 20.4 Å². The predicted octanol–water partition coefficient (Wildman–Crippen LogP) is 3.74. The number of alkyl halides is 2. The summed E-state index contributed by atoms with van der Waals surface area (Å²) in [6.45, 7) is 7.33. The monoisotopic (exact) mass is 529 g/mol. The summed E-state index contributed by atoms with van der Waals surface area (Å²) in [6, 6.07) is 0. The minimum absolute atomic E-state index is 0.220. The lowest BCUT2D eigenvalue weighted by Gasteiger charge is -2.36. The molecule has 6 rings (SSSR count). The van der Waals surface area contributed by atoms with Crippen molar-refractivity contribution >= 4 is 17.5 Å². The molecule has 0 bridgehead atoms. The third kappa shape index (κ3) is 5.27. The molecule has 2 aromatic heterocycles. The number of aromatic nitrogens is 4. The van der Waals surface area contributed by atoms with E-state index in [9.17, 15) is 13.6 Å². The van der Waals surface area contributed by atoms with Crippen molar-refractivity contribution in [1.82, 2.24) is 24.4 Å². The maximum atomic E-state index is 13.9. The van der Waals surface area contributed by atoms with E-state index in [1.807, 2.05) is 0 Å². The molecule has 0 aromatic carbocycles. The van der Waals surface area contributed by atoms with Crippen molar-refractivity contribution in [2.75, 3.05) is 56.2 Å². The lowest BCUT2D eigenvalue weighted by atomic mass is 9.91. The van der Waals surface area contributed by atoms with Crippen molar-refractivity contribution in [3.8, 4) is 0 Å². The van der Waals surface area contributed by atoms with Crippen molar-refractivity contribution in [3.05, 3.63) is 29.6 Å². The van der Waals surface area contributed by atoms with Crippen LogP contribution in [0.5, 0.6) is 0 Å². The minimum atomic E-state index is -2.64. The summed E-state index contributed by atoms with van der Waals surface area (Å²) in [5.74, 6) is 1.06. The van der Waals surface area contributed by atoms with Crippen molar-refractivity contribution < 1.29 is 18.3 Å².